The highest BCUT2D eigenvalue weighted by Crippen LogP contribution is 2.50. The van der Waals surface area contributed by atoms with Gasteiger partial charge < -0.3 is 0 Å². The molecule has 28 heavy (non-hydrogen) atoms. The third-order valence-corrected chi connectivity index (χ3v) is 7.70. The summed E-state index contributed by atoms with van der Waals surface area (Å²) in [5.74, 6) is -0.220. The van der Waals surface area contributed by atoms with E-state index in [-0.39, 0.29) is 16.5 Å². The second-order valence-electron chi connectivity index (χ2n) is 7.34. The Labute approximate surface area is 164 Å². The van der Waals surface area contributed by atoms with E-state index in [0.717, 1.165) is 16.7 Å². The lowest BCUT2D eigenvalue weighted by Gasteiger charge is -2.39. The van der Waals surface area contributed by atoms with Crippen molar-refractivity contribution in [3.05, 3.63) is 93.6 Å². The lowest BCUT2D eigenvalue weighted by molar-refractivity contribution is -0.384. The third kappa shape index (κ3) is 2.70. The zero-order valence-electron chi connectivity index (χ0n) is 15.6. The number of sulfonamides is 1. The number of nitro benzene ring substituents is 1. The molecule has 1 aliphatic carbocycles. The van der Waals surface area contributed by atoms with Gasteiger partial charge in [0.1, 0.15) is 0 Å². The van der Waals surface area contributed by atoms with Crippen LogP contribution in [0.5, 0.6) is 0 Å². The van der Waals surface area contributed by atoms with E-state index in [9.17, 15) is 18.5 Å². The average molecular weight is 396 g/mol. The Morgan fingerprint density at radius 1 is 1.11 bits per heavy atom. The summed E-state index contributed by atoms with van der Waals surface area (Å²) >= 11 is 0. The van der Waals surface area contributed by atoms with Crippen LogP contribution in [0, 0.1) is 17.0 Å². The van der Waals surface area contributed by atoms with E-state index in [4.69, 9.17) is 0 Å². The van der Waals surface area contributed by atoms with Crippen molar-refractivity contribution in [3.8, 4) is 0 Å². The van der Waals surface area contributed by atoms with E-state index in [1.807, 2.05) is 32.1 Å². The number of nitro groups is 1. The van der Waals surface area contributed by atoms with E-state index >= 15 is 0 Å². The fraction of sp³-hybridized carbons (Fsp3) is 0.238. The Morgan fingerprint density at radius 2 is 1.75 bits per heavy atom. The fourth-order valence-corrected chi connectivity index (χ4v) is 5.83. The van der Waals surface area contributed by atoms with Gasteiger partial charge in [-0.25, -0.2) is 8.42 Å². The zero-order valence-corrected chi connectivity index (χ0v) is 16.4. The molecule has 0 spiro atoms. The Bertz CT molecular complexity index is 1100. The third-order valence-electron chi connectivity index (χ3n) is 5.73. The molecule has 1 aliphatic heterocycles. The van der Waals surface area contributed by atoms with Crippen LogP contribution in [0.15, 0.2) is 77.2 Å². The number of non-ortho nitro benzene ring substituents is 1. The van der Waals surface area contributed by atoms with E-state index in [1.54, 1.807) is 36.4 Å². The topological polar surface area (TPSA) is 80.5 Å². The summed E-state index contributed by atoms with van der Waals surface area (Å²) in [5, 5.41) is 10.9. The van der Waals surface area contributed by atoms with E-state index in [1.165, 1.54) is 16.4 Å². The zero-order chi connectivity index (χ0) is 20.1. The molecule has 0 radical (unpaired) electrons. The number of rotatable bonds is 4. The lowest BCUT2D eigenvalue weighted by atomic mass is 9.82. The predicted octanol–water partition coefficient (Wildman–Crippen LogP) is 3.95. The van der Waals surface area contributed by atoms with Crippen molar-refractivity contribution in [1.82, 2.24) is 4.31 Å². The van der Waals surface area contributed by atoms with Crippen LogP contribution in [0.25, 0.3) is 0 Å². The first-order valence-corrected chi connectivity index (χ1v) is 10.4. The van der Waals surface area contributed by atoms with Crippen molar-refractivity contribution in [1.29, 1.82) is 0 Å². The summed E-state index contributed by atoms with van der Waals surface area (Å²) in [6, 6.07) is 13.2. The van der Waals surface area contributed by atoms with Crippen LogP contribution in [-0.2, 0) is 10.0 Å². The molecule has 0 saturated heterocycles. The summed E-state index contributed by atoms with van der Waals surface area (Å²) in [7, 11) is -3.70. The molecule has 0 aromatic heterocycles. The second-order valence-corrected chi connectivity index (χ2v) is 9.20. The number of hydrogen-bond donors (Lipinski definition) is 0. The molecule has 0 fully saturated rings. The number of fused-ring (bicyclic) bond motifs is 1. The van der Waals surface area contributed by atoms with Gasteiger partial charge in [-0.2, -0.15) is 4.31 Å². The van der Waals surface area contributed by atoms with Gasteiger partial charge in [0.25, 0.3) is 5.69 Å². The first-order chi connectivity index (χ1) is 13.2. The van der Waals surface area contributed by atoms with Crippen molar-refractivity contribution < 1.29 is 13.3 Å². The summed E-state index contributed by atoms with van der Waals surface area (Å²) < 4.78 is 28.3. The monoisotopic (exact) mass is 396 g/mol. The molecule has 6 nitrogen and oxygen atoms in total. The number of benzene rings is 2. The standard InChI is InChI=1S/C21H20N2O4S/c1-15-3-10-19(11-4-15)28(26,27)22-14-13-17-7-12-20(21(17,22)2)16-5-8-18(9-6-16)23(24)25/h3-13,20H,14H2,1-2H3/t20-,21+/m0/s1. The van der Waals surface area contributed by atoms with E-state index in [0.29, 0.717) is 6.54 Å². The maximum atomic E-state index is 13.4. The molecule has 0 unspecified atom stereocenters. The summed E-state index contributed by atoms with van der Waals surface area (Å²) in [6.07, 6.45) is 5.87. The SMILES string of the molecule is Cc1ccc(S(=O)(=O)N2CC=C3C=C[C@@H](c4ccc([N+](=O)[O-])cc4)[C@@]32C)cc1. The molecular formula is C21H20N2O4S. The molecule has 4 rings (SSSR count). The lowest BCUT2D eigenvalue weighted by Crippen LogP contribution is -2.49. The highest BCUT2D eigenvalue weighted by Gasteiger charge is 2.52. The largest absolute Gasteiger partial charge is 0.269 e. The summed E-state index contributed by atoms with van der Waals surface area (Å²) in [6.45, 7) is 4.14. The van der Waals surface area contributed by atoms with Gasteiger partial charge >= 0.3 is 0 Å². The van der Waals surface area contributed by atoms with Gasteiger partial charge in [0.15, 0.2) is 0 Å². The van der Waals surface area contributed by atoms with Crippen LogP contribution < -0.4 is 0 Å². The van der Waals surface area contributed by atoms with Crippen LogP contribution in [-0.4, -0.2) is 29.7 Å². The molecule has 7 heteroatoms. The van der Waals surface area contributed by atoms with Crippen molar-refractivity contribution in [2.24, 2.45) is 0 Å². The second kappa shape index (κ2) is 6.39. The van der Waals surface area contributed by atoms with E-state index < -0.39 is 20.5 Å². The average Bonchev–Trinajstić information content (AvgIpc) is 3.16. The van der Waals surface area contributed by atoms with Gasteiger partial charge in [0, 0.05) is 24.6 Å². The van der Waals surface area contributed by atoms with Crippen molar-refractivity contribution >= 4 is 15.7 Å². The minimum atomic E-state index is -3.70. The van der Waals surface area contributed by atoms with Crippen molar-refractivity contribution in [2.75, 3.05) is 6.54 Å². The minimum Gasteiger partial charge on any atom is -0.258 e. The first-order valence-electron chi connectivity index (χ1n) is 8.97. The highest BCUT2D eigenvalue weighted by atomic mass is 32.2. The van der Waals surface area contributed by atoms with Crippen LogP contribution >= 0.6 is 0 Å². The maximum absolute atomic E-state index is 13.4. The Kier molecular flexibility index (Phi) is 4.24. The molecule has 2 aromatic carbocycles. The van der Waals surface area contributed by atoms with Gasteiger partial charge in [-0.05, 0) is 37.1 Å². The van der Waals surface area contributed by atoms with Gasteiger partial charge in [-0.3, -0.25) is 10.1 Å². The molecule has 0 bridgehead atoms. The van der Waals surface area contributed by atoms with E-state index in [2.05, 4.69) is 0 Å². The fourth-order valence-electron chi connectivity index (χ4n) is 4.10. The molecule has 0 N–H and O–H groups in total. The molecule has 2 aromatic rings. The first kappa shape index (κ1) is 18.6. The highest BCUT2D eigenvalue weighted by molar-refractivity contribution is 7.89. The molecule has 2 atom stereocenters. The van der Waals surface area contributed by atoms with Gasteiger partial charge in [0.05, 0.1) is 15.4 Å². The maximum Gasteiger partial charge on any atom is 0.269 e. The van der Waals surface area contributed by atoms with Crippen LogP contribution in [0.3, 0.4) is 0 Å². The van der Waals surface area contributed by atoms with Crippen molar-refractivity contribution in [3.63, 3.8) is 0 Å². The summed E-state index contributed by atoms with van der Waals surface area (Å²) in [4.78, 5) is 10.8. The van der Waals surface area contributed by atoms with Crippen LogP contribution in [0.1, 0.15) is 24.0 Å². The normalized spacial score (nSPS) is 24.2. The molecular weight excluding hydrogens is 376 g/mol. The van der Waals surface area contributed by atoms with Crippen LogP contribution in [0.4, 0.5) is 5.69 Å². The number of hydrogen-bond acceptors (Lipinski definition) is 4. The smallest absolute Gasteiger partial charge is 0.258 e. The minimum absolute atomic E-state index is 0.0159. The Balaban J connectivity index is 1.74. The molecule has 0 amide bonds. The van der Waals surface area contributed by atoms with Gasteiger partial charge in [-0.1, -0.05) is 48.1 Å². The predicted molar refractivity (Wildman–Crippen MR) is 107 cm³/mol. The van der Waals surface area contributed by atoms with Crippen LogP contribution in [0.2, 0.25) is 0 Å². The summed E-state index contributed by atoms with van der Waals surface area (Å²) in [5.41, 5.74) is 2.05. The quantitative estimate of drug-likeness (QED) is 0.579. The molecule has 1 heterocycles. The number of aryl methyl sites for hydroxylation is 1. The molecule has 2 aliphatic rings. The Morgan fingerprint density at radius 3 is 2.36 bits per heavy atom. The van der Waals surface area contributed by atoms with Crippen molar-refractivity contribution in [2.45, 2.75) is 30.2 Å². The van der Waals surface area contributed by atoms with Gasteiger partial charge in [-0.15, -0.1) is 0 Å². The molecule has 0 saturated carbocycles. The number of nitrogens with zero attached hydrogens (tertiary/aromatic N) is 2. The molecule has 144 valence electrons. The van der Waals surface area contributed by atoms with Gasteiger partial charge in [0.2, 0.25) is 10.0 Å². The Hall–Kier alpha value is -2.77.